The van der Waals surface area contributed by atoms with Crippen molar-refractivity contribution in [1.82, 2.24) is 15.0 Å². The quantitative estimate of drug-likeness (QED) is 0.789. The maximum Gasteiger partial charge on any atom is 0.232 e. The van der Waals surface area contributed by atoms with Gasteiger partial charge in [-0.05, 0) is 41.5 Å². The molecule has 0 radical (unpaired) electrons. The summed E-state index contributed by atoms with van der Waals surface area (Å²) < 4.78 is 0. The third kappa shape index (κ3) is 2.03. The van der Waals surface area contributed by atoms with E-state index >= 15 is 0 Å². The van der Waals surface area contributed by atoms with Crippen molar-refractivity contribution in [3.05, 3.63) is 0 Å². The number of aromatic nitrogens is 3. The van der Waals surface area contributed by atoms with Crippen molar-refractivity contribution in [3.63, 3.8) is 0 Å². The van der Waals surface area contributed by atoms with Gasteiger partial charge in [-0.15, -0.1) is 0 Å². The Morgan fingerprint density at radius 3 is 0.905 bits per heavy atom. The highest BCUT2D eigenvalue weighted by Gasteiger charge is 2.50. The average Bonchev–Trinajstić information content (AvgIpc) is 3.28. The highest BCUT2D eigenvalue weighted by Crippen LogP contribution is 2.42. The van der Waals surface area contributed by atoms with Crippen LogP contribution in [0.15, 0.2) is 0 Å². The van der Waals surface area contributed by atoms with E-state index in [2.05, 4.69) is 56.2 Å². The van der Waals surface area contributed by atoms with Gasteiger partial charge in [-0.2, -0.15) is 15.0 Å². The molecule has 0 atom stereocenters. The van der Waals surface area contributed by atoms with Gasteiger partial charge in [-0.1, -0.05) is 0 Å². The fourth-order valence-electron chi connectivity index (χ4n) is 2.78. The molecule has 0 unspecified atom stereocenters. The largest absolute Gasteiger partial charge is 0.331 e. The van der Waals surface area contributed by atoms with Crippen molar-refractivity contribution in [2.24, 2.45) is 0 Å². The molecular formula is C15H24N6. The number of rotatable bonds is 3. The van der Waals surface area contributed by atoms with Gasteiger partial charge in [0.25, 0.3) is 0 Å². The average molecular weight is 288 g/mol. The van der Waals surface area contributed by atoms with Crippen LogP contribution in [0, 0.1) is 0 Å². The molecule has 114 valence electrons. The molecule has 3 saturated heterocycles. The zero-order valence-electron chi connectivity index (χ0n) is 13.8. The number of anilines is 3. The minimum atomic E-state index is 0.179. The zero-order valence-corrected chi connectivity index (χ0v) is 13.8. The molecule has 0 amide bonds. The number of nitrogens with zero attached hydrogens (tertiary/aromatic N) is 6. The van der Waals surface area contributed by atoms with Crippen LogP contribution in [-0.2, 0) is 0 Å². The van der Waals surface area contributed by atoms with E-state index in [0.29, 0.717) is 0 Å². The van der Waals surface area contributed by atoms with E-state index in [9.17, 15) is 0 Å². The van der Waals surface area contributed by atoms with Gasteiger partial charge in [0.15, 0.2) is 0 Å². The summed E-state index contributed by atoms with van der Waals surface area (Å²) in [5.41, 5.74) is 0.538. The molecule has 3 aliphatic rings. The van der Waals surface area contributed by atoms with Crippen molar-refractivity contribution in [2.75, 3.05) is 34.3 Å². The van der Waals surface area contributed by atoms with Gasteiger partial charge in [-0.3, -0.25) is 0 Å². The molecule has 0 aliphatic carbocycles. The van der Waals surface area contributed by atoms with Gasteiger partial charge in [0, 0.05) is 19.6 Å². The SMILES string of the molecule is CC1(C)CN1c1nc(N2CC2(C)C)nc(N2CC2(C)C)n1. The Kier molecular flexibility index (Phi) is 2.13. The normalized spacial score (nSPS) is 26.9. The fourth-order valence-corrected chi connectivity index (χ4v) is 2.78. The molecular weight excluding hydrogens is 264 g/mol. The maximum atomic E-state index is 4.71. The minimum Gasteiger partial charge on any atom is -0.331 e. The first-order chi connectivity index (χ1) is 9.60. The topological polar surface area (TPSA) is 47.7 Å². The molecule has 4 rings (SSSR count). The lowest BCUT2D eigenvalue weighted by Crippen LogP contribution is -2.18. The van der Waals surface area contributed by atoms with Crippen LogP contribution in [0.4, 0.5) is 17.8 Å². The van der Waals surface area contributed by atoms with Crippen LogP contribution >= 0.6 is 0 Å². The molecule has 4 heterocycles. The van der Waals surface area contributed by atoms with Crippen LogP contribution in [0.2, 0.25) is 0 Å². The summed E-state index contributed by atoms with van der Waals surface area (Å²) in [4.78, 5) is 20.9. The van der Waals surface area contributed by atoms with Gasteiger partial charge in [0.05, 0.1) is 16.6 Å². The summed E-state index contributed by atoms with van der Waals surface area (Å²) in [6.45, 7) is 16.4. The van der Waals surface area contributed by atoms with Crippen LogP contribution in [0.5, 0.6) is 0 Å². The Hall–Kier alpha value is -1.59. The summed E-state index contributed by atoms with van der Waals surface area (Å²) in [6, 6.07) is 0. The molecule has 0 bridgehead atoms. The molecule has 1 aromatic rings. The molecule has 6 heteroatoms. The molecule has 21 heavy (non-hydrogen) atoms. The van der Waals surface area contributed by atoms with Crippen LogP contribution in [0.3, 0.4) is 0 Å². The second-order valence-corrected chi connectivity index (χ2v) is 8.43. The molecule has 3 fully saturated rings. The molecule has 0 aromatic carbocycles. The van der Waals surface area contributed by atoms with E-state index in [4.69, 9.17) is 15.0 Å². The predicted octanol–water partition coefficient (Wildman–Crippen LogP) is 1.67. The fraction of sp³-hybridized carbons (Fsp3) is 0.800. The Morgan fingerprint density at radius 1 is 0.571 bits per heavy atom. The number of hydrogen-bond donors (Lipinski definition) is 0. The molecule has 0 spiro atoms. The molecule has 0 N–H and O–H groups in total. The molecule has 3 aliphatic heterocycles. The molecule has 6 nitrogen and oxygen atoms in total. The van der Waals surface area contributed by atoms with E-state index in [0.717, 1.165) is 37.5 Å². The summed E-state index contributed by atoms with van der Waals surface area (Å²) in [5, 5.41) is 0. The van der Waals surface area contributed by atoms with E-state index in [1.165, 1.54) is 0 Å². The Morgan fingerprint density at radius 2 is 0.762 bits per heavy atom. The third-order valence-corrected chi connectivity index (χ3v) is 4.84. The minimum absolute atomic E-state index is 0.179. The Balaban J connectivity index is 1.71. The summed E-state index contributed by atoms with van der Waals surface area (Å²) >= 11 is 0. The summed E-state index contributed by atoms with van der Waals surface area (Å²) in [7, 11) is 0. The van der Waals surface area contributed by atoms with Crippen LogP contribution in [0.1, 0.15) is 41.5 Å². The predicted molar refractivity (Wildman–Crippen MR) is 84.1 cm³/mol. The van der Waals surface area contributed by atoms with Crippen molar-refractivity contribution in [3.8, 4) is 0 Å². The summed E-state index contributed by atoms with van der Waals surface area (Å²) in [6.07, 6.45) is 0. The van der Waals surface area contributed by atoms with E-state index in [1.54, 1.807) is 0 Å². The van der Waals surface area contributed by atoms with Crippen molar-refractivity contribution in [2.45, 2.75) is 58.2 Å². The van der Waals surface area contributed by atoms with Gasteiger partial charge >= 0.3 is 0 Å². The van der Waals surface area contributed by atoms with Crippen LogP contribution < -0.4 is 14.7 Å². The van der Waals surface area contributed by atoms with E-state index < -0.39 is 0 Å². The van der Waals surface area contributed by atoms with Gasteiger partial charge < -0.3 is 14.7 Å². The van der Waals surface area contributed by atoms with E-state index in [-0.39, 0.29) is 16.6 Å². The maximum absolute atomic E-state index is 4.71. The van der Waals surface area contributed by atoms with Crippen LogP contribution in [0.25, 0.3) is 0 Å². The first-order valence-electron chi connectivity index (χ1n) is 7.69. The Labute approximate surface area is 126 Å². The monoisotopic (exact) mass is 288 g/mol. The van der Waals surface area contributed by atoms with Crippen molar-refractivity contribution < 1.29 is 0 Å². The first-order valence-corrected chi connectivity index (χ1v) is 7.69. The zero-order chi connectivity index (χ0) is 15.2. The van der Waals surface area contributed by atoms with Crippen molar-refractivity contribution >= 4 is 17.8 Å². The van der Waals surface area contributed by atoms with Gasteiger partial charge in [-0.25, -0.2) is 0 Å². The third-order valence-electron chi connectivity index (χ3n) is 4.84. The second-order valence-electron chi connectivity index (χ2n) is 8.43. The van der Waals surface area contributed by atoms with Crippen LogP contribution in [-0.4, -0.2) is 51.2 Å². The standard InChI is InChI=1S/C15H24N6/c1-13(2)7-19(13)10-16-11(20-8-14(20,3)4)18-12(17-10)21-9-15(21,5)6/h7-9H2,1-6H3. The smallest absolute Gasteiger partial charge is 0.232 e. The molecule has 0 saturated carbocycles. The Bertz CT molecular complexity index is 523. The number of hydrogen-bond acceptors (Lipinski definition) is 6. The van der Waals surface area contributed by atoms with Gasteiger partial charge in [0.2, 0.25) is 17.8 Å². The lowest BCUT2D eigenvalue weighted by atomic mass is 10.2. The highest BCUT2D eigenvalue weighted by atomic mass is 15.5. The second kappa shape index (κ2) is 3.42. The lowest BCUT2D eigenvalue weighted by Gasteiger charge is -2.14. The van der Waals surface area contributed by atoms with Gasteiger partial charge in [0.1, 0.15) is 0 Å². The molecule has 1 aromatic heterocycles. The lowest BCUT2D eigenvalue weighted by molar-refractivity contribution is 0.777. The summed E-state index contributed by atoms with van der Waals surface area (Å²) in [5.74, 6) is 2.47. The first kappa shape index (κ1) is 13.1. The highest BCUT2D eigenvalue weighted by molar-refractivity contribution is 5.59. The van der Waals surface area contributed by atoms with Crippen molar-refractivity contribution in [1.29, 1.82) is 0 Å². The van der Waals surface area contributed by atoms with E-state index in [1.807, 2.05) is 0 Å².